The van der Waals surface area contributed by atoms with Crippen molar-refractivity contribution < 1.29 is 30.0 Å². The average molecular weight is 463 g/mol. The molecule has 186 valence electrons. The number of rotatable bonds is 2. The fourth-order valence-electron chi connectivity index (χ4n) is 8.93. The van der Waals surface area contributed by atoms with Crippen LogP contribution >= 0.6 is 0 Å². The minimum atomic E-state index is -1.16. The van der Waals surface area contributed by atoms with Gasteiger partial charge in [-0.2, -0.15) is 0 Å². The molecule has 33 heavy (non-hydrogen) atoms. The van der Waals surface area contributed by atoms with E-state index < -0.39 is 34.2 Å². The highest BCUT2D eigenvalue weighted by Gasteiger charge is 2.69. The lowest BCUT2D eigenvalue weighted by molar-refractivity contribution is -0.188. The third-order valence-corrected chi connectivity index (χ3v) is 10.9. The van der Waals surface area contributed by atoms with Gasteiger partial charge in [0.05, 0.1) is 35.1 Å². The molecule has 4 fully saturated rings. The van der Waals surface area contributed by atoms with E-state index in [0.717, 1.165) is 31.3 Å². The van der Waals surface area contributed by atoms with Crippen LogP contribution in [0, 0.1) is 28.6 Å². The molecule has 4 aliphatic carbocycles. The van der Waals surface area contributed by atoms with Crippen LogP contribution in [0.25, 0.3) is 0 Å². The second-order valence-electron chi connectivity index (χ2n) is 13.2. The first-order valence-electron chi connectivity index (χ1n) is 12.9. The molecule has 5 aliphatic rings. The fourth-order valence-corrected chi connectivity index (χ4v) is 8.93. The van der Waals surface area contributed by atoms with Crippen LogP contribution in [-0.4, -0.2) is 61.3 Å². The van der Waals surface area contributed by atoms with E-state index >= 15 is 0 Å². The first-order chi connectivity index (χ1) is 15.2. The van der Waals surface area contributed by atoms with Gasteiger partial charge in [0, 0.05) is 11.3 Å². The molecule has 0 amide bonds. The largest absolute Gasteiger partial charge is 0.390 e. The molecule has 1 aliphatic heterocycles. The minimum Gasteiger partial charge on any atom is -0.390 e. The average Bonchev–Trinajstić information content (AvgIpc) is 3.21. The van der Waals surface area contributed by atoms with Crippen LogP contribution in [0.1, 0.15) is 86.0 Å². The smallest absolute Gasteiger partial charge is 0.159 e. The Morgan fingerprint density at radius 1 is 1.00 bits per heavy atom. The van der Waals surface area contributed by atoms with Crippen molar-refractivity contribution in [3.8, 4) is 0 Å². The quantitative estimate of drug-likeness (QED) is 0.503. The number of carbonyl (C=O) groups excluding carboxylic acids is 1. The third kappa shape index (κ3) is 3.13. The van der Waals surface area contributed by atoms with Gasteiger partial charge in [0.2, 0.25) is 0 Å². The molecule has 0 spiro atoms. The topological polar surface area (TPSA) is 107 Å². The molecule has 1 saturated heterocycles. The molecule has 1 heterocycles. The molecule has 3 saturated carbocycles. The maximum absolute atomic E-state index is 13.3. The van der Waals surface area contributed by atoms with Crippen molar-refractivity contribution in [3.63, 3.8) is 0 Å². The summed E-state index contributed by atoms with van der Waals surface area (Å²) in [7, 11) is 0. The lowest BCUT2D eigenvalue weighted by atomic mass is 9.45. The first kappa shape index (κ1) is 23.9. The molecule has 0 aromatic carbocycles. The predicted molar refractivity (Wildman–Crippen MR) is 123 cm³/mol. The molecule has 0 aromatic rings. The number of hydrogen-bond acceptors (Lipinski definition) is 6. The van der Waals surface area contributed by atoms with Gasteiger partial charge in [0.1, 0.15) is 0 Å². The number of aliphatic hydroxyl groups excluding tert-OH is 2. The molecular weight excluding hydrogens is 420 g/mol. The molecule has 5 rings (SSSR count). The Bertz CT molecular complexity index is 878. The highest BCUT2D eigenvalue weighted by atomic mass is 16.5. The van der Waals surface area contributed by atoms with Crippen LogP contribution in [0.5, 0.6) is 0 Å². The Kier molecular flexibility index (Phi) is 5.17. The number of ketones is 1. The van der Waals surface area contributed by atoms with Gasteiger partial charge in [-0.3, -0.25) is 4.79 Å². The molecular formula is C27H42O6. The maximum atomic E-state index is 13.3. The summed E-state index contributed by atoms with van der Waals surface area (Å²) in [5.41, 5.74) is -2.73. The van der Waals surface area contributed by atoms with Crippen LogP contribution in [0.15, 0.2) is 11.6 Å². The molecule has 0 aromatic heterocycles. The Labute approximate surface area is 197 Å². The first-order valence-corrected chi connectivity index (χ1v) is 12.9. The van der Waals surface area contributed by atoms with Gasteiger partial charge in [-0.15, -0.1) is 0 Å². The number of allylic oxidation sites excluding steroid dienone is 1. The van der Waals surface area contributed by atoms with Gasteiger partial charge in [-0.25, -0.2) is 0 Å². The number of hydrogen-bond donors (Lipinski definition) is 4. The second kappa shape index (κ2) is 7.13. The van der Waals surface area contributed by atoms with Gasteiger partial charge >= 0.3 is 0 Å². The van der Waals surface area contributed by atoms with E-state index in [-0.39, 0.29) is 41.7 Å². The van der Waals surface area contributed by atoms with E-state index in [9.17, 15) is 25.2 Å². The van der Waals surface area contributed by atoms with Crippen LogP contribution in [0.3, 0.4) is 0 Å². The van der Waals surface area contributed by atoms with Crippen molar-refractivity contribution in [2.45, 2.75) is 121 Å². The summed E-state index contributed by atoms with van der Waals surface area (Å²) < 4.78 is 6.26. The predicted octanol–water partition coefficient (Wildman–Crippen LogP) is 2.90. The van der Waals surface area contributed by atoms with E-state index in [2.05, 4.69) is 27.7 Å². The number of aliphatic hydroxyl groups is 4. The van der Waals surface area contributed by atoms with Gasteiger partial charge in [0.15, 0.2) is 5.78 Å². The van der Waals surface area contributed by atoms with Crippen molar-refractivity contribution in [3.05, 3.63) is 11.6 Å². The summed E-state index contributed by atoms with van der Waals surface area (Å²) in [5.74, 6) is -0.517. The Hall–Kier alpha value is -0.790. The summed E-state index contributed by atoms with van der Waals surface area (Å²) in [6.45, 7) is 10.2. The standard InChI is InChI=1S/C27H42O6/c1-23(2)9-8-22(33-23)26(5,31)21-7-11-27(32)16-12-18(28)17-13-19(29)20(30)14-24(17,3)15(16)6-10-25(21,27)4/h12,15,17,19-22,29-32H,6-11,13-14H2,1-5H3/t15?,17?,19-,20+,21+,22-,24-,25-,26-,27-/m1/s1. The van der Waals surface area contributed by atoms with Crippen molar-refractivity contribution >= 4 is 5.78 Å². The van der Waals surface area contributed by atoms with E-state index in [4.69, 9.17) is 4.74 Å². The highest BCUT2D eigenvalue weighted by molar-refractivity contribution is 5.95. The second-order valence-corrected chi connectivity index (χ2v) is 13.2. The van der Waals surface area contributed by atoms with Crippen LogP contribution in [-0.2, 0) is 9.53 Å². The molecule has 10 atom stereocenters. The van der Waals surface area contributed by atoms with Crippen LogP contribution in [0.2, 0.25) is 0 Å². The van der Waals surface area contributed by atoms with Gasteiger partial charge in [-0.1, -0.05) is 13.8 Å². The Morgan fingerprint density at radius 2 is 1.70 bits per heavy atom. The number of ether oxygens (including phenoxy) is 1. The Morgan fingerprint density at radius 3 is 2.33 bits per heavy atom. The molecule has 6 nitrogen and oxygen atoms in total. The molecule has 0 radical (unpaired) electrons. The zero-order valence-corrected chi connectivity index (χ0v) is 20.8. The van der Waals surface area contributed by atoms with Gasteiger partial charge < -0.3 is 25.2 Å². The number of fused-ring (bicyclic) bond motifs is 5. The molecule has 0 bridgehead atoms. The van der Waals surface area contributed by atoms with Gasteiger partial charge in [0.25, 0.3) is 0 Å². The molecule has 4 N–H and O–H groups in total. The lowest BCUT2D eigenvalue weighted by Gasteiger charge is -2.60. The van der Waals surface area contributed by atoms with Crippen molar-refractivity contribution in [2.75, 3.05) is 0 Å². The van der Waals surface area contributed by atoms with E-state index in [0.29, 0.717) is 19.3 Å². The van der Waals surface area contributed by atoms with Crippen LogP contribution in [0.4, 0.5) is 0 Å². The van der Waals surface area contributed by atoms with Crippen molar-refractivity contribution in [2.24, 2.45) is 28.6 Å². The summed E-state index contributed by atoms with van der Waals surface area (Å²) in [4.78, 5) is 13.3. The van der Waals surface area contributed by atoms with E-state index in [1.54, 1.807) is 6.08 Å². The van der Waals surface area contributed by atoms with E-state index in [1.807, 2.05) is 6.92 Å². The summed E-state index contributed by atoms with van der Waals surface area (Å²) in [5, 5.41) is 44.9. The normalized spacial score (nSPS) is 53.0. The molecule has 6 heteroatoms. The SMILES string of the molecule is CC1(C)CC[C@H]([C@](C)(O)[C@H]2CC[C@@]3(O)C4=CC(=O)C5C[C@@H](O)[C@@H](O)C[C@]5(C)C4CC[C@]23C)O1. The zero-order valence-electron chi connectivity index (χ0n) is 20.8. The van der Waals surface area contributed by atoms with E-state index in [1.165, 1.54) is 0 Å². The van der Waals surface area contributed by atoms with Crippen molar-refractivity contribution in [1.29, 1.82) is 0 Å². The summed E-state index contributed by atoms with van der Waals surface area (Å²) in [6.07, 6.45) is 4.77. The lowest BCUT2D eigenvalue weighted by Crippen LogP contribution is -2.62. The van der Waals surface area contributed by atoms with Crippen molar-refractivity contribution in [1.82, 2.24) is 0 Å². The minimum absolute atomic E-state index is 0.00853. The highest BCUT2D eigenvalue weighted by Crippen LogP contribution is 2.69. The summed E-state index contributed by atoms with van der Waals surface area (Å²) in [6, 6.07) is 0. The third-order valence-electron chi connectivity index (χ3n) is 10.9. The van der Waals surface area contributed by atoms with Gasteiger partial charge in [-0.05, 0) is 101 Å². The monoisotopic (exact) mass is 462 g/mol. The van der Waals surface area contributed by atoms with Crippen LogP contribution < -0.4 is 0 Å². The molecule has 2 unspecified atom stereocenters. The zero-order chi connectivity index (χ0) is 24.2. The number of carbonyl (C=O) groups is 1. The Balaban J connectivity index is 1.51. The fraction of sp³-hybridized carbons (Fsp3) is 0.889. The summed E-state index contributed by atoms with van der Waals surface area (Å²) >= 11 is 0. The maximum Gasteiger partial charge on any atom is 0.159 e.